The standard InChI is InChI=1S/C54H37N2OP/c57-58(46-22-8-3-9-23-46)55(44-18-4-1-5-19-44)51-35-34-42(37-52(51)56(58)45-20-6-2-7-21-45)39-28-31-40(32-29-39)53-47-24-12-14-26-49(47)54(50-27-15-13-25-48(50)53)43-33-30-38-16-10-11-17-41(38)36-43/h1-37H. The Bertz CT molecular complexity index is 3140. The summed E-state index contributed by atoms with van der Waals surface area (Å²) in [6, 6.07) is 78.7. The third-order valence-corrected chi connectivity index (χ3v) is 14.5. The van der Waals surface area contributed by atoms with Gasteiger partial charge in [-0.05, 0) is 120 Å². The quantitative estimate of drug-likeness (QED) is 0.125. The second-order valence-corrected chi connectivity index (χ2v) is 17.3. The van der Waals surface area contributed by atoms with Crippen LogP contribution >= 0.6 is 7.44 Å². The van der Waals surface area contributed by atoms with Gasteiger partial charge in [0.15, 0.2) is 0 Å². The van der Waals surface area contributed by atoms with E-state index in [0.717, 1.165) is 44.7 Å². The van der Waals surface area contributed by atoms with Crippen LogP contribution in [0.15, 0.2) is 224 Å². The first-order valence-corrected chi connectivity index (χ1v) is 21.3. The van der Waals surface area contributed by atoms with Crippen LogP contribution in [-0.4, -0.2) is 0 Å². The van der Waals surface area contributed by atoms with Crippen LogP contribution in [0.5, 0.6) is 0 Å². The Morgan fingerprint density at radius 2 is 0.741 bits per heavy atom. The Hall–Kier alpha value is -7.19. The number of hydrogen-bond acceptors (Lipinski definition) is 1. The molecule has 1 unspecified atom stereocenters. The summed E-state index contributed by atoms with van der Waals surface area (Å²) in [5, 5.41) is 8.18. The number of hydrogen-bond donors (Lipinski definition) is 0. The fourth-order valence-electron chi connectivity index (χ4n) is 8.94. The summed E-state index contributed by atoms with van der Waals surface area (Å²) >= 11 is 0. The molecule has 1 heterocycles. The van der Waals surface area contributed by atoms with Gasteiger partial charge in [-0.25, -0.2) is 0 Å². The number of fused-ring (bicyclic) bond motifs is 4. The van der Waals surface area contributed by atoms with Gasteiger partial charge >= 0.3 is 7.44 Å². The molecule has 0 saturated carbocycles. The summed E-state index contributed by atoms with van der Waals surface area (Å²) in [5.41, 5.74) is 10.6. The van der Waals surface area contributed by atoms with E-state index in [1.54, 1.807) is 0 Å². The van der Waals surface area contributed by atoms with Crippen molar-refractivity contribution < 1.29 is 4.57 Å². The normalized spacial score (nSPS) is 15.0. The Kier molecular flexibility index (Phi) is 8.10. The minimum Gasteiger partial charge on any atom is -0.270 e. The van der Waals surface area contributed by atoms with E-state index in [9.17, 15) is 0 Å². The van der Waals surface area contributed by atoms with Gasteiger partial charge in [-0.1, -0.05) is 170 Å². The molecule has 0 spiro atoms. The van der Waals surface area contributed by atoms with Crippen molar-refractivity contribution in [2.24, 2.45) is 0 Å². The summed E-state index contributed by atoms with van der Waals surface area (Å²) in [5.74, 6) is 0. The summed E-state index contributed by atoms with van der Waals surface area (Å²) < 4.78 is 20.1. The SMILES string of the molecule is O=P1(c2ccccc2)N(c2ccccc2)c2ccc(-c3ccc(-c4c5ccccc5c(-c5ccc6ccccc6c5)c5ccccc45)cc3)cc2N1c1ccccc1. The zero-order valence-electron chi connectivity index (χ0n) is 31.6. The van der Waals surface area contributed by atoms with Crippen molar-refractivity contribution in [3.8, 4) is 33.4 Å². The smallest absolute Gasteiger partial charge is 0.270 e. The molecule has 1 aliphatic rings. The fraction of sp³-hybridized carbons (Fsp3) is 0. The van der Waals surface area contributed by atoms with E-state index in [0.29, 0.717) is 0 Å². The highest BCUT2D eigenvalue weighted by atomic mass is 31.2. The first-order chi connectivity index (χ1) is 28.7. The van der Waals surface area contributed by atoms with E-state index >= 15 is 4.57 Å². The van der Waals surface area contributed by atoms with Gasteiger partial charge in [0.2, 0.25) is 0 Å². The Morgan fingerprint density at radius 3 is 1.33 bits per heavy atom. The predicted octanol–water partition coefficient (Wildman–Crippen LogP) is 15.0. The molecule has 0 radical (unpaired) electrons. The van der Waals surface area contributed by atoms with Crippen LogP contribution in [0, 0.1) is 0 Å². The van der Waals surface area contributed by atoms with Crippen LogP contribution in [0.2, 0.25) is 0 Å². The van der Waals surface area contributed by atoms with Crippen molar-refractivity contribution in [2.45, 2.75) is 0 Å². The van der Waals surface area contributed by atoms with E-state index in [1.807, 2.05) is 78.9 Å². The van der Waals surface area contributed by atoms with E-state index in [4.69, 9.17) is 0 Å². The second kappa shape index (κ2) is 13.8. The molecule has 10 aromatic rings. The van der Waals surface area contributed by atoms with E-state index in [1.165, 1.54) is 49.0 Å². The molecule has 3 nitrogen and oxygen atoms in total. The van der Waals surface area contributed by atoms with E-state index < -0.39 is 7.44 Å². The highest BCUT2D eigenvalue weighted by Gasteiger charge is 2.49. The van der Waals surface area contributed by atoms with Crippen molar-refractivity contribution in [3.63, 3.8) is 0 Å². The molecule has 0 fully saturated rings. The second-order valence-electron chi connectivity index (χ2n) is 14.9. The molecule has 58 heavy (non-hydrogen) atoms. The van der Waals surface area contributed by atoms with Crippen LogP contribution < -0.4 is 14.6 Å². The summed E-state index contributed by atoms with van der Waals surface area (Å²) in [7, 11) is -3.45. The first kappa shape index (κ1) is 34.1. The maximum Gasteiger partial charge on any atom is 0.301 e. The Balaban J connectivity index is 1.06. The third kappa shape index (κ3) is 5.39. The summed E-state index contributed by atoms with van der Waals surface area (Å²) in [6.07, 6.45) is 0. The maximum absolute atomic E-state index is 16.0. The minimum absolute atomic E-state index is 0.774. The highest BCUT2D eigenvalue weighted by molar-refractivity contribution is 7.76. The van der Waals surface area contributed by atoms with Crippen molar-refractivity contribution >= 4 is 67.8 Å². The van der Waals surface area contributed by atoms with Crippen molar-refractivity contribution in [1.82, 2.24) is 0 Å². The lowest BCUT2D eigenvalue weighted by atomic mass is 9.85. The number of anilines is 4. The number of para-hydroxylation sites is 2. The molecule has 0 aliphatic carbocycles. The van der Waals surface area contributed by atoms with Crippen molar-refractivity contribution in [3.05, 3.63) is 224 Å². The molecule has 1 atom stereocenters. The van der Waals surface area contributed by atoms with E-state index in [2.05, 4.69) is 155 Å². The number of nitrogens with zero attached hydrogens (tertiary/aromatic N) is 2. The number of rotatable bonds is 6. The molecule has 0 aromatic heterocycles. The summed E-state index contributed by atoms with van der Waals surface area (Å²) in [6.45, 7) is 0. The number of benzene rings is 10. The van der Waals surface area contributed by atoms with Gasteiger partial charge in [-0.2, -0.15) is 0 Å². The molecule has 0 N–H and O–H groups in total. The van der Waals surface area contributed by atoms with E-state index in [-0.39, 0.29) is 0 Å². The lowest BCUT2D eigenvalue weighted by Gasteiger charge is -2.33. The third-order valence-electron chi connectivity index (χ3n) is 11.5. The van der Waals surface area contributed by atoms with Crippen molar-refractivity contribution in [2.75, 3.05) is 9.34 Å². The topological polar surface area (TPSA) is 23.6 Å². The zero-order valence-corrected chi connectivity index (χ0v) is 32.5. The highest BCUT2D eigenvalue weighted by Crippen LogP contribution is 2.70. The molecule has 1 aliphatic heterocycles. The molecule has 4 heteroatoms. The van der Waals surface area contributed by atoms with Crippen LogP contribution in [0.4, 0.5) is 22.7 Å². The van der Waals surface area contributed by atoms with Crippen LogP contribution in [-0.2, 0) is 4.57 Å². The van der Waals surface area contributed by atoms with Gasteiger partial charge in [-0.3, -0.25) is 13.9 Å². The fourth-order valence-corrected chi connectivity index (χ4v) is 11.9. The lowest BCUT2D eigenvalue weighted by molar-refractivity contribution is 0.582. The summed E-state index contributed by atoms with van der Waals surface area (Å²) in [4.78, 5) is 0. The molecule has 0 bridgehead atoms. The zero-order chi connectivity index (χ0) is 38.6. The first-order valence-electron chi connectivity index (χ1n) is 19.7. The van der Waals surface area contributed by atoms with Crippen molar-refractivity contribution in [1.29, 1.82) is 0 Å². The molecular weight excluding hydrogens is 724 g/mol. The molecule has 0 amide bonds. The van der Waals surface area contributed by atoms with Gasteiger partial charge in [0, 0.05) is 11.4 Å². The molecule has 10 aromatic carbocycles. The maximum atomic E-state index is 16.0. The monoisotopic (exact) mass is 760 g/mol. The van der Waals surface area contributed by atoms with Gasteiger partial charge in [0.05, 0.1) is 16.7 Å². The van der Waals surface area contributed by atoms with Gasteiger partial charge in [-0.15, -0.1) is 0 Å². The van der Waals surface area contributed by atoms with Crippen LogP contribution in [0.1, 0.15) is 0 Å². The predicted molar refractivity (Wildman–Crippen MR) is 246 cm³/mol. The van der Waals surface area contributed by atoms with Gasteiger partial charge in [0.25, 0.3) is 0 Å². The minimum atomic E-state index is -3.45. The molecule has 0 saturated heterocycles. The molecular formula is C54H37N2OP. The molecule has 11 rings (SSSR count). The van der Waals surface area contributed by atoms with Gasteiger partial charge in [0.1, 0.15) is 0 Å². The van der Waals surface area contributed by atoms with Crippen LogP contribution in [0.25, 0.3) is 65.7 Å². The van der Waals surface area contributed by atoms with Crippen LogP contribution in [0.3, 0.4) is 0 Å². The largest absolute Gasteiger partial charge is 0.301 e. The molecule has 274 valence electrons. The lowest BCUT2D eigenvalue weighted by Crippen LogP contribution is -2.26. The Labute approximate surface area is 338 Å². The average molecular weight is 761 g/mol. The Morgan fingerprint density at radius 1 is 0.310 bits per heavy atom. The van der Waals surface area contributed by atoms with Gasteiger partial charge < -0.3 is 0 Å². The average Bonchev–Trinajstić information content (AvgIpc) is 3.57.